The van der Waals surface area contributed by atoms with Crippen LogP contribution < -0.4 is 10.4 Å². The summed E-state index contributed by atoms with van der Waals surface area (Å²) in [6.07, 6.45) is 5.52. The summed E-state index contributed by atoms with van der Waals surface area (Å²) < 4.78 is 0. The first kappa shape index (κ1) is 14.8. The van der Waals surface area contributed by atoms with E-state index in [4.69, 9.17) is 5.21 Å². The molecule has 0 saturated carbocycles. The largest absolute Gasteiger partial charge is 0.310 e. The number of hydroxylamine groups is 1. The predicted molar refractivity (Wildman–Crippen MR) is 86.7 cm³/mol. The Hall–Kier alpha value is -2.73. The monoisotopic (exact) mass is 323 g/mol. The van der Waals surface area contributed by atoms with Crippen molar-refractivity contribution in [3.63, 3.8) is 0 Å². The third-order valence-corrected chi connectivity index (χ3v) is 5.10. The maximum atomic E-state index is 13.1. The molecule has 1 atom stereocenters. The average molecular weight is 323 g/mol. The molecule has 0 radical (unpaired) electrons. The molecule has 1 fully saturated rings. The summed E-state index contributed by atoms with van der Waals surface area (Å²) in [5.41, 5.74) is 4.57. The number of carbonyl (C=O) groups is 2. The molecule has 4 rings (SSSR count). The second kappa shape index (κ2) is 5.42. The zero-order valence-corrected chi connectivity index (χ0v) is 13.0. The molecule has 6 nitrogen and oxygen atoms in total. The molecule has 0 unspecified atom stereocenters. The molecule has 1 saturated heterocycles. The number of nitrogens with zero attached hydrogens (tertiary/aromatic N) is 2. The lowest BCUT2D eigenvalue weighted by molar-refractivity contribution is -0.125. The van der Waals surface area contributed by atoms with Gasteiger partial charge in [-0.05, 0) is 54.7 Å². The van der Waals surface area contributed by atoms with E-state index in [9.17, 15) is 9.59 Å². The van der Waals surface area contributed by atoms with E-state index in [1.54, 1.807) is 34.9 Å². The van der Waals surface area contributed by atoms with Crippen molar-refractivity contribution in [3.05, 3.63) is 59.4 Å². The lowest BCUT2D eigenvalue weighted by Crippen LogP contribution is -2.35. The van der Waals surface area contributed by atoms with Crippen molar-refractivity contribution in [2.45, 2.75) is 19.3 Å². The van der Waals surface area contributed by atoms with Gasteiger partial charge in [0, 0.05) is 18.3 Å². The fourth-order valence-corrected chi connectivity index (χ4v) is 3.87. The number of anilines is 1. The van der Waals surface area contributed by atoms with Crippen LogP contribution in [0.3, 0.4) is 0 Å². The highest BCUT2D eigenvalue weighted by molar-refractivity contribution is 6.01. The number of amides is 2. The SMILES string of the molecule is O=C(NO)c1ccc2c(c1)C[C@]1(CCN(c3cccnc3)C1=O)C2. The number of pyridine rings is 1. The van der Waals surface area contributed by atoms with Crippen molar-refractivity contribution < 1.29 is 14.8 Å². The molecule has 2 aromatic rings. The van der Waals surface area contributed by atoms with Crippen LogP contribution in [0.15, 0.2) is 42.7 Å². The van der Waals surface area contributed by atoms with E-state index in [1.807, 2.05) is 18.2 Å². The van der Waals surface area contributed by atoms with Crippen LogP contribution in [0.1, 0.15) is 27.9 Å². The lowest BCUT2D eigenvalue weighted by Gasteiger charge is -2.22. The molecule has 122 valence electrons. The number of carbonyl (C=O) groups excluding carboxylic acids is 2. The van der Waals surface area contributed by atoms with Gasteiger partial charge in [-0.25, -0.2) is 5.48 Å². The van der Waals surface area contributed by atoms with E-state index >= 15 is 0 Å². The van der Waals surface area contributed by atoms with Crippen molar-refractivity contribution in [2.24, 2.45) is 5.41 Å². The van der Waals surface area contributed by atoms with Gasteiger partial charge in [-0.1, -0.05) is 6.07 Å². The van der Waals surface area contributed by atoms with Crippen LogP contribution in [0.4, 0.5) is 5.69 Å². The number of hydrogen-bond donors (Lipinski definition) is 2. The van der Waals surface area contributed by atoms with Gasteiger partial charge in [-0.3, -0.25) is 19.8 Å². The van der Waals surface area contributed by atoms with Crippen LogP contribution in [0.25, 0.3) is 0 Å². The van der Waals surface area contributed by atoms with Crippen LogP contribution in [0, 0.1) is 5.41 Å². The minimum absolute atomic E-state index is 0.125. The predicted octanol–water partition coefficient (Wildman–Crippen LogP) is 1.72. The Morgan fingerprint density at radius 1 is 1.25 bits per heavy atom. The van der Waals surface area contributed by atoms with Crippen LogP contribution in [0.2, 0.25) is 0 Å². The average Bonchev–Trinajstić information content (AvgIpc) is 3.15. The molecule has 0 bridgehead atoms. The zero-order chi connectivity index (χ0) is 16.7. The van der Waals surface area contributed by atoms with Crippen molar-refractivity contribution in [1.29, 1.82) is 0 Å². The molecule has 6 heteroatoms. The number of rotatable bonds is 2. The molecule has 1 aromatic heterocycles. The lowest BCUT2D eigenvalue weighted by atomic mass is 9.83. The highest BCUT2D eigenvalue weighted by Crippen LogP contribution is 2.46. The van der Waals surface area contributed by atoms with Crippen LogP contribution in [0.5, 0.6) is 0 Å². The quantitative estimate of drug-likeness (QED) is 0.651. The summed E-state index contributed by atoms with van der Waals surface area (Å²) >= 11 is 0. The minimum atomic E-state index is -0.534. The standard InChI is InChI=1S/C18H17N3O3/c22-16(20-24)12-3-4-13-9-18(10-14(13)8-12)5-7-21(17(18)23)15-2-1-6-19-11-15/h1-4,6,8,11,24H,5,7,9-10H2,(H,20,22)/t18-/m0/s1. The van der Waals surface area contributed by atoms with Crippen molar-refractivity contribution in [1.82, 2.24) is 10.5 Å². The zero-order valence-electron chi connectivity index (χ0n) is 13.0. The normalized spacial score (nSPS) is 22.0. The van der Waals surface area contributed by atoms with Gasteiger partial charge in [-0.15, -0.1) is 0 Å². The van der Waals surface area contributed by atoms with Crippen molar-refractivity contribution in [2.75, 3.05) is 11.4 Å². The van der Waals surface area contributed by atoms with E-state index in [0.717, 1.165) is 23.2 Å². The Kier molecular flexibility index (Phi) is 3.35. The highest BCUT2D eigenvalue weighted by Gasteiger charge is 2.50. The van der Waals surface area contributed by atoms with Gasteiger partial charge in [0.25, 0.3) is 5.91 Å². The molecule has 1 aromatic carbocycles. The Morgan fingerprint density at radius 3 is 2.83 bits per heavy atom. The summed E-state index contributed by atoms with van der Waals surface area (Å²) in [7, 11) is 0. The second-order valence-electron chi connectivity index (χ2n) is 6.48. The number of benzene rings is 1. The third kappa shape index (κ3) is 2.18. The van der Waals surface area contributed by atoms with E-state index in [-0.39, 0.29) is 5.91 Å². The summed E-state index contributed by atoms with van der Waals surface area (Å²) in [5, 5.41) is 8.78. The minimum Gasteiger partial charge on any atom is -0.310 e. The van der Waals surface area contributed by atoms with Gasteiger partial charge in [0.15, 0.2) is 0 Å². The fraction of sp³-hybridized carbons (Fsp3) is 0.278. The summed E-state index contributed by atoms with van der Waals surface area (Å²) in [6, 6.07) is 9.07. The molecule has 2 amide bonds. The maximum Gasteiger partial charge on any atom is 0.274 e. The van der Waals surface area contributed by atoms with Crippen molar-refractivity contribution in [3.8, 4) is 0 Å². The van der Waals surface area contributed by atoms with Gasteiger partial charge in [-0.2, -0.15) is 0 Å². The topological polar surface area (TPSA) is 82.5 Å². The summed E-state index contributed by atoms with van der Waals surface area (Å²) in [5.74, 6) is -0.409. The summed E-state index contributed by atoms with van der Waals surface area (Å²) in [6.45, 7) is 0.683. The van der Waals surface area contributed by atoms with E-state index in [2.05, 4.69) is 4.98 Å². The first-order valence-corrected chi connectivity index (χ1v) is 7.91. The molecule has 2 N–H and O–H groups in total. The molecular weight excluding hydrogens is 306 g/mol. The number of nitrogens with one attached hydrogen (secondary N) is 1. The third-order valence-electron chi connectivity index (χ3n) is 5.10. The maximum absolute atomic E-state index is 13.1. The van der Waals surface area contributed by atoms with Crippen LogP contribution in [-0.4, -0.2) is 28.6 Å². The molecule has 24 heavy (non-hydrogen) atoms. The number of hydrogen-bond acceptors (Lipinski definition) is 4. The molecular formula is C18H17N3O3. The van der Waals surface area contributed by atoms with Gasteiger partial charge >= 0.3 is 0 Å². The van der Waals surface area contributed by atoms with Gasteiger partial charge in [0.1, 0.15) is 0 Å². The van der Waals surface area contributed by atoms with Gasteiger partial charge in [0.2, 0.25) is 5.91 Å². The fourth-order valence-electron chi connectivity index (χ4n) is 3.87. The van der Waals surface area contributed by atoms with E-state index < -0.39 is 11.3 Å². The molecule has 2 heterocycles. The number of aromatic nitrogens is 1. The van der Waals surface area contributed by atoms with E-state index in [0.29, 0.717) is 24.9 Å². The molecule has 1 aliphatic carbocycles. The molecule has 2 aliphatic rings. The Balaban J connectivity index is 1.62. The van der Waals surface area contributed by atoms with Crippen molar-refractivity contribution >= 4 is 17.5 Å². The van der Waals surface area contributed by atoms with Gasteiger partial charge < -0.3 is 4.90 Å². The second-order valence-corrected chi connectivity index (χ2v) is 6.48. The Labute approximate surface area is 139 Å². The van der Waals surface area contributed by atoms with Crippen LogP contribution >= 0.6 is 0 Å². The van der Waals surface area contributed by atoms with Gasteiger partial charge in [0.05, 0.1) is 17.3 Å². The highest BCUT2D eigenvalue weighted by atomic mass is 16.5. The smallest absolute Gasteiger partial charge is 0.274 e. The first-order chi connectivity index (χ1) is 11.6. The molecule has 1 spiro atoms. The molecule has 1 aliphatic heterocycles. The van der Waals surface area contributed by atoms with E-state index in [1.165, 1.54) is 0 Å². The Morgan fingerprint density at radius 2 is 2.08 bits per heavy atom. The van der Waals surface area contributed by atoms with Crippen LogP contribution in [-0.2, 0) is 17.6 Å². The number of fused-ring (bicyclic) bond motifs is 1. The Bertz CT molecular complexity index is 822. The first-order valence-electron chi connectivity index (χ1n) is 7.91. The summed E-state index contributed by atoms with van der Waals surface area (Å²) in [4.78, 5) is 30.5.